The Labute approximate surface area is 473 Å². The Balaban J connectivity index is 0.875. The van der Waals surface area contributed by atoms with Gasteiger partial charge in [0.05, 0.1) is 54.7 Å². The molecule has 0 aromatic heterocycles. The molecule has 1 aromatic carbocycles. The second-order valence-corrected chi connectivity index (χ2v) is 23.4. The molecule has 22 nitrogen and oxygen atoms in total. The Hall–Kier alpha value is -3.66. The predicted octanol–water partition coefficient (Wildman–Crippen LogP) is 3.55. The number of aliphatic hydroxyl groups is 5. The average molecular weight is 1150 g/mol. The number of allylic oxidation sites excluding steroid dienone is 1. The molecule has 8 rings (SSSR count). The van der Waals surface area contributed by atoms with Crippen molar-refractivity contribution in [3.05, 3.63) is 53.6 Å². The van der Waals surface area contributed by atoms with Crippen LogP contribution in [0.4, 0.5) is 0 Å². The summed E-state index contributed by atoms with van der Waals surface area (Å²) in [5.41, 5.74) is -2.60. The maximum atomic E-state index is 14.2. The fraction of sp³-hybridized carbons (Fsp3) is 0.763. The fourth-order valence-electron chi connectivity index (χ4n) is 13.6. The summed E-state index contributed by atoms with van der Waals surface area (Å²) in [5, 5.41) is 53.3. The highest BCUT2D eigenvalue weighted by atomic mass is 16.8. The summed E-state index contributed by atoms with van der Waals surface area (Å²) in [6.45, 7) is 11.2. The smallest absolute Gasteiger partial charge is 0.331 e. The molecule has 6 fully saturated rings. The minimum atomic E-state index is -1.91. The lowest BCUT2D eigenvalue weighted by Crippen LogP contribution is -2.62. The highest BCUT2D eigenvalue weighted by Gasteiger charge is 2.66. The topological polar surface area (TPSA) is 289 Å². The average Bonchev–Trinajstić information content (AvgIpc) is 2.95. The van der Waals surface area contributed by atoms with E-state index in [0.717, 1.165) is 11.1 Å². The molecule has 0 amide bonds. The molecule has 0 bridgehead atoms. The zero-order chi connectivity index (χ0) is 58.7. The van der Waals surface area contributed by atoms with Crippen LogP contribution in [0.3, 0.4) is 0 Å². The molecule has 0 spiro atoms. The quantitative estimate of drug-likeness (QED) is 0.0709. The number of carbonyl (C=O) groups excluding carboxylic acids is 4. The van der Waals surface area contributed by atoms with E-state index in [1.165, 1.54) is 27.0 Å². The second-order valence-electron chi connectivity index (χ2n) is 23.4. The molecule has 24 atom stereocenters. The van der Waals surface area contributed by atoms with Crippen LogP contribution in [0.25, 0.3) is 6.08 Å². The minimum absolute atomic E-state index is 0.0305. The van der Waals surface area contributed by atoms with Crippen molar-refractivity contribution in [2.24, 2.45) is 16.7 Å². The number of fused-ring (bicyclic) bond motifs is 1. The van der Waals surface area contributed by atoms with Crippen LogP contribution < -0.4 is 0 Å². The van der Waals surface area contributed by atoms with Gasteiger partial charge in [0, 0.05) is 72.4 Å². The summed E-state index contributed by atoms with van der Waals surface area (Å²) in [6, 6.07) is 9.16. The summed E-state index contributed by atoms with van der Waals surface area (Å²) in [6.07, 6.45) is -10.1. The van der Waals surface area contributed by atoms with Crippen molar-refractivity contribution in [2.75, 3.05) is 27.9 Å². The summed E-state index contributed by atoms with van der Waals surface area (Å²) in [5.74, 6) is -2.52. The fourth-order valence-corrected chi connectivity index (χ4v) is 13.6. The summed E-state index contributed by atoms with van der Waals surface area (Å²) >= 11 is 0. The van der Waals surface area contributed by atoms with Crippen molar-refractivity contribution in [3.63, 3.8) is 0 Å². The van der Waals surface area contributed by atoms with Gasteiger partial charge in [0.15, 0.2) is 25.2 Å². The Kier molecular flexibility index (Phi) is 20.9. The number of ketones is 2. The predicted molar refractivity (Wildman–Crippen MR) is 284 cm³/mol. The van der Waals surface area contributed by atoms with Crippen LogP contribution >= 0.6 is 0 Å². The third kappa shape index (κ3) is 13.4. The zero-order valence-corrected chi connectivity index (χ0v) is 48.2. The molecule has 1 aromatic rings. The third-order valence-electron chi connectivity index (χ3n) is 18.5. The zero-order valence-electron chi connectivity index (χ0n) is 48.2. The molecule has 4 saturated heterocycles. The molecule has 2 saturated carbocycles. The van der Waals surface area contributed by atoms with Crippen molar-refractivity contribution >= 4 is 29.6 Å². The van der Waals surface area contributed by atoms with E-state index in [1.807, 2.05) is 57.2 Å². The van der Waals surface area contributed by atoms with E-state index in [9.17, 15) is 44.7 Å². The molecule has 5 N–H and O–H groups in total. The van der Waals surface area contributed by atoms with Gasteiger partial charge < -0.3 is 87.1 Å². The molecule has 7 aliphatic rings. The minimum Gasteiger partial charge on any atom is -0.460 e. The van der Waals surface area contributed by atoms with Crippen molar-refractivity contribution in [1.29, 1.82) is 0 Å². The van der Waals surface area contributed by atoms with E-state index in [0.29, 0.717) is 32.1 Å². The molecule has 0 radical (unpaired) electrons. The van der Waals surface area contributed by atoms with E-state index in [4.69, 9.17) is 61.6 Å². The van der Waals surface area contributed by atoms with Crippen molar-refractivity contribution < 1.29 is 106 Å². The number of esters is 2. The lowest BCUT2D eigenvalue weighted by molar-refractivity contribution is -0.357. The van der Waals surface area contributed by atoms with Gasteiger partial charge in [-0.1, -0.05) is 48.9 Å². The molecule has 4 aliphatic heterocycles. The number of hydrogen-bond donors (Lipinski definition) is 5. The van der Waals surface area contributed by atoms with Gasteiger partial charge in [0.2, 0.25) is 0 Å². The van der Waals surface area contributed by atoms with Gasteiger partial charge in [-0.2, -0.15) is 0 Å². The summed E-state index contributed by atoms with van der Waals surface area (Å²) in [4.78, 5) is 54.3. The standard InChI is InChI=1S/C59H86O22/c1-30-53(79-48-27-41(70-9)54(31(2)73-48)80-49-28-42(71-10)55(32(3)74-49)81-56-52(67)51(66)50(65)43(29-60)77-56)40(69-8)26-47(72-30)76-37-20-22-57(6)36(24-37)17-18-39(62)38(57)25-45(78-46(64)19-16-35-14-12-11-13-15-35)58(7)44(63)21-23-59(58,68)33(4)75-34(5)61/h11-17,19,30-33,37-38,40-43,45,47-56,60,65-68H,18,20-29H2,1-10H3/t30-,31-,32-,33+,37+,38+,40+,41-,42+,43-,45-,47+,48+,49+,50-,51+,52-,53-,54-,55-,56+,57+,58-,59-/m1/s1. The normalized spacial score (nSPS) is 42.9. The van der Waals surface area contributed by atoms with Crippen LogP contribution in [0.2, 0.25) is 0 Å². The lowest BCUT2D eigenvalue weighted by Gasteiger charge is -2.51. The van der Waals surface area contributed by atoms with Crippen molar-refractivity contribution in [2.45, 2.75) is 241 Å². The highest BCUT2D eigenvalue weighted by Crippen LogP contribution is 2.56. The molecule has 81 heavy (non-hydrogen) atoms. The number of Topliss-reactive ketones (excluding diaryl/α,β-unsaturated/α-hetero) is 2. The van der Waals surface area contributed by atoms with Crippen LogP contribution in [0, 0.1) is 16.7 Å². The summed E-state index contributed by atoms with van der Waals surface area (Å²) in [7, 11) is 4.69. The number of hydrogen-bond acceptors (Lipinski definition) is 22. The van der Waals surface area contributed by atoms with Crippen LogP contribution in [-0.4, -0.2) is 205 Å². The maximum absolute atomic E-state index is 14.2. The van der Waals surface area contributed by atoms with Crippen LogP contribution in [-0.2, 0) is 80.8 Å². The molecule has 22 heteroatoms. The first kappa shape index (κ1) is 63.4. The number of aliphatic hydroxyl groups excluding tert-OH is 4. The van der Waals surface area contributed by atoms with Crippen molar-refractivity contribution in [3.8, 4) is 0 Å². The molecule has 454 valence electrons. The second kappa shape index (κ2) is 26.7. The van der Waals surface area contributed by atoms with Crippen LogP contribution in [0.1, 0.15) is 118 Å². The number of rotatable bonds is 20. The number of methoxy groups -OCH3 is 3. The summed E-state index contributed by atoms with van der Waals surface area (Å²) < 4.78 is 80.3. The van der Waals surface area contributed by atoms with Gasteiger partial charge >= 0.3 is 11.9 Å². The van der Waals surface area contributed by atoms with Gasteiger partial charge in [0.1, 0.15) is 72.1 Å². The SMILES string of the molecule is CO[C@H]1C[C@H](O[C@H]2CC[C@@]3(C)C(=CCC(=O)[C@@H]3C[C@@H](OC(=O)C=Cc3ccccc3)[C@@]3(C)C(=O)CC[C@@]3(O)[C@H](C)OC(C)=O)C2)O[C@H](C)[C@H]1O[C@H]1C[C@@H](OC)[C@H](O[C@H]2C[C@H](OC)[C@H](O[C@@H]3O[C@H](CO)[C@@H](O)[C@H](O)[C@H]3O)[C@@H](C)O2)[C@@H](C)O1. The highest BCUT2D eigenvalue weighted by molar-refractivity contribution is 5.92. The van der Waals surface area contributed by atoms with E-state index in [2.05, 4.69) is 0 Å². The Bertz CT molecular complexity index is 2370. The molecule has 4 heterocycles. The van der Waals surface area contributed by atoms with Crippen molar-refractivity contribution in [1.82, 2.24) is 0 Å². The Morgan fingerprint density at radius 2 is 1.31 bits per heavy atom. The Morgan fingerprint density at radius 3 is 1.85 bits per heavy atom. The van der Waals surface area contributed by atoms with Crippen LogP contribution in [0.15, 0.2) is 48.1 Å². The number of benzene rings is 1. The van der Waals surface area contributed by atoms with E-state index in [1.54, 1.807) is 34.1 Å². The van der Waals surface area contributed by atoms with E-state index < -0.39 is 158 Å². The monoisotopic (exact) mass is 1150 g/mol. The van der Waals surface area contributed by atoms with Gasteiger partial charge in [-0.3, -0.25) is 14.4 Å². The molecule has 3 aliphatic carbocycles. The Morgan fingerprint density at radius 1 is 0.753 bits per heavy atom. The molecular weight excluding hydrogens is 1060 g/mol. The lowest BCUT2D eigenvalue weighted by atomic mass is 9.56. The first-order valence-electron chi connectivity index (χ1n) is 28.5. The van der Waals surface area contributed by atoms with Gasteiger partial charge in [-0.15, -0.1) is 0 Å². The first-order chi connectivity index (χ1) is 38.5. The van der Waals surface area contributed by atoms with E-state index >= 15 is 0 Å². The number of ether oxygens (including phenoxy) is 13. The van der Waals surface area contributed by atoms with E-state index in [-0.39, 0.29) is 49.8 Å². The van der Waals surface area contributed by atoms with Gasteiger partial charge in [-0.05, 0) is 83.8 Å². The first-order valence-corrected chi connectivity index (χ1v) is 28.5. The van der Waals surface area contributed by atoms with Gasteiger partial charge in [0.25, 0.3) is 0 Å². The maximum Gasteiger partial charge on any atom is 0.331 e. The van der Waals surface area contributed by atoms with Crippen LogP contribution in [0.5, 0.6) is 0 Å². The molecule has 0 unspecified atom stereocenters. The molecular formula is C59H86O22. The third-order valence-corrected chi connectivity index (χ3v) is 18.5. The largest absolute Gasteiger partial charge is 0.460 e. The van der Waals surface area contributed by atoms with Gasteiger partial charge in [-0.25, -0.2) is 4.79 Å². The number of carbonyl (C=O) groups is 4.